The van der Waals surface area contributed by atoms with E-state index >= 15 is 0 Å². The highest BCUT2D eigenvalue weighted by molar-refractivity contribution is 5.99. The summed E-state index contributed by atoms with van der Waals surface area (Å²) in [6, 6.07) is 10.6. The van der Waals surface area contributed by atoms with E-state index in [0.29, 0.717) is 5.56 Å². The maximum absolute atomic E-state index is 12.2. The fraction of sp³-hybridized carbons (Fsp3) is 0.250. The first-order valence-electron chi connectivity index (χ1n) is 8.56. The van der Waals surface area contributed by atoms with Crippen LogP contribution in [0.2, 0.25) is 0 Å². The standard InChI is InChI=1S/C20H20N2O6/c1-13-3-4-14(2)17(11-13)18(23)12-28-19(24)9-10-21-20(25)15-5-7-16(8-6-15)22(26)27/h3-8,11H,9-10,12H2,1-2H3,(H,21,25). The van der Waals surface area contributed by atoms with Crippen molar-refractivity contribution >= 4 is 23.3 Å². The molecule has 0 saturated heterocycles. The zero-order chi connectivity index (χ0) is 20.7. The van der Waals surface area contributed by atoms with Gasteiger partial charge in [0.05, 0.1) is 11.3 Å². The molecule has 0 aliphatic rings. The number of non-ortho nitro benzene ring substituents is 1. The van der Waals surface area contributed by atoms with Crippen molar-refractivity contribution in [3.8, 4) is 0 Å². The molecule has 0 heterocycles. The van der Waals surface area contributed by atoms with Gasteiger partial charge in [0.25, 0.3) is 11.6 Å². The Morgan fingerprint density at radius 2 is 1.75 bits per heavy atom. The van der Waals surface area contributed by atoms with E-state index < -0.39 is 16.8 Å². The highest BCUT2D eigenvalue weighted by Crippen LogP contribution is 2.12. The number of nitro benzene ring substituents is 1. The van der Waals surface area contributed by atoms with Crippen LogP contribution in [0.5, 0.6) is 0 Å². The molecule has 0 aliphatic heterocycles. The third kappa shape index (κ3) is 5.73. The molecule has 28 heavy (non-hydrogen) atoms. The number of rotatable bonds is 8. The number of carbonyl (C=O) groups is 3. The van der Waals surface area contributed by atoms with Crippen LogP contribution < -0.4 is 5.32 Å². The molecule has 0 radical (unpaired) electrons. The van der Waals surface area contributed by atoms with Gasteiger partial charge >= 0.3 is 5.97 Å². The summed E-state index contributed by atoms with van der Waals surface area (Å²) in [5.41, 5.74) is 2.38. The van der Waals surface area contributed by atoms with Crippen molar-refractivity contribution < 1.29 is 24.0 Å². The van der Waals surface area contributed by atoms with Crippen molar-refractivity contribution in [1.82, 2.24) is 5.32 Å². The molecule has 0 aromatic heterocycles. The molecule has 2 rings (SSSR count). The van der Waals surface area contributed by atoms with E-state index in [4.69, 9.17) is 4.74 Å². The van der Waals surface area contributed by atoms with Gasteiger partial charge in [-0.2, -0.15) is 0 Å². The number of nitrogens with one attached hydrogen (secondary N) is 1. The minimum Gasteiger partial charge on any atom is -0.457 e. The lowest BCUT2D eigenvalue weighted by Gasteiger charge is -2.08. The summed E-state index contributed by atoms with van der Waals surface area (Å²) in [4.78, 5) is 45.9. The predicted octanol–water partition coefficient (Wildman–Crippen LogP) is 2.76. The minimum atomic E-state index is -0.609. The van der Waals surface area contributed by atoms with Gasteiger partial charge in [-0.25, -0.2) is 0 Å². The molecule has 8 nitrogen and oxygen atoms in total. The maximum atomic E-state index is 12.2. The van der Waals surface area contributed by atoms with Gasteiger partial charge in [-0.1, -0.05) is 17.7 Å². The van der Waals surface area contributed by atoms with Gasteiger partial charge < -0.3 is 10.1 Å². The number of benzene rings is 2. The number of hydrogen-bond donors (Lipinski definition) is 1. The van der Waals surface area contributed by atoms with Gasteiger partial charge in [0.2, 0.25) is 5.78 Å². The van der Waals surface area contributed by atoms with Crippen LogP contribution in [0, 0.1) is 24.0 Å². The Morgan fingerprint density at radius 3 is 2.39 bits per heavy atom. The molecule has 0 atom stereocenters. The lowest BCUT2D eigenvalue weighted by molar-refractivity contribution is -0.384. The largest absolute Gasteiger partial charge is 0.457 e. The van der Waals surface area contributed by atoms with Gasteiger partial charge in [-0.05, 0) is 37.6 Å². The van der Waals surface area contributed by atoms with Crippen molar-refractivity contribution in [2.45, 2.75) is 20.3 Å². The Balaban J connectivity index is 1.76. The minimum absolute atomic E-state index is 0.0202. The molecule has 0 aliphatic carbocycles. The smallest absolute Gasteiger partial charge is 0.308 e. The number of carbonyl (C=O) groups excluding carboxylic acids is 3. The quantitative estimate of drug-likeness (QED) is 0.324. The number of hydrogen-bond acceptors (Lipinski definition) is 6. The van der Waals surface area contributed by atoms with E-state index in [0.717, 1.165) is 11.1 Å². The number of esters is 1. The molecule has 8 heteroatoms. The van der Waals surface area contributed by atoms with Crippen molar-refractivity contribution in [1.29, 1.82) is 0 Å². The van der Waals surface area contributed by atoms with Crippen LogP contribution in [0.25, 0.3) is 0 Å². The van der Waals surface area contributed by atoms with Gasteiger partial charge in [0, 0.05) is 29.8 Å². The molecule has 1 amide bonds. The zero-order valence-corrected chi connectivity index (χ0v) is 15.6. The van der Waals surface area contributed by atoms with Crippen molar-refractivity contribution in [2.24, 2.45) is 0 Å². The fourth-order valence-corrected chi connectivity index (χ4v) is 2.45. The molecule has 2 aromatic carbocycles. The number of ether oxygens (including phenoxy) is 1. The SMILES string of the molecule is Cc1ccc(C)c(C(=O)COC(=O)CCNC(=O)c2ccc([N+](=O)[O-])cc2)c1. The summed E-state index contributed by atoms with van der Waals surface area (Å²) in [5, 5.41) is 13.1. The topological polar surface area (TPSA) is 116 Å². The molecule has 146 valence electrons. The Morgan fingerprint density at radius 1 is 1.07 bits per heavy atom. The number of Topliss-reactive ketones (excluding diaryl/α,β-unsaturated/α-hetero) is 1. The summed E-state index contributed by atoms with van der Waals surface area (Å²) in [5.74, 6) is -1.36. The highest BCUT2D eigenvalue weighted by atomic mass is 16.6. The molecule has 0 fully saturated rings. The summed E-state index contributed by atoms with van der Waals surface area (Å²) >= 11 is 0. The number of nitro groups is 1. The van der Waals surface area contributed by atoms with Crippen LogP contribution in [-0.4, -0.2) is 35.7 Å². The first-order valence-corrected chi connectivity index (χ1v) is 8.56. The third-order valence-electron chi connectivity index (χ3n) is 4.01. The van der Waals surface area contributed by atoms with Crippen LogP contribution in [0.4, 0.5) is 5.69 Å². The Hall–Kier alpha value is -3.55. The average Bonchev–Trinajstić information content (AvgIpc) is 2.67. The van der Waals surface area contributed by atoms with E-state index in [9.17, 15) is 24.5 Å². The van der Waals surface area contributed by atoms with E-state index in [1.165, 1.54) is 24.3 Å². The summed E-state index contributed by atoms with van der Waals surface area (Å²) in [7, 11) is 0. The molecular formula is C20H20N2O6. The normalized spacial score (nSPS) is 10.2. The van der Waals surface area contributed by atoms with Gasteiger partial charge in [-0.3, -0.25) is 24.5 Å². The van der Waals surface area contributed by atoms with E-state index in [-0.39, 0.29) is 36.6 Å². The summed E-state index contributed by atoms with van der Waals surface area (Å²) in [6.45, 7) is 3.34. The monoisotopic (exact) mass is 384 g/mol. The van der Waals surface area contributed by atoms with E-state index in [1.54, 1.807) is 6.07 Å². The average molecular weight is 384 g/mol. The van der Waals surface area contributed by atoms with Gasteiger partial charge in [0.15, 0.2) is 6.61 Å². The molecule has 0 saturated carbocycles. The Bertz CT molecular complexity index is 905. The molecule has 1 N–H and O–H groups in total. The Kier molecular flexibility index (Phi) is 6.97. The second-order valence-electron chi connectivity index (χ2n) is 6.21. The summed E-state index contributed by atoms with van der Waals surface area (Å²) < 4.78 is 4.97. The first kappa shape index (κ1) is 20.8. The second kappa shape index (κ2) is 9.40. The lowest BCUT2D eigenvalue weighted by atomic mass is 10.0. The fourth-order valence-electron chi connectivity index (χ4n) is 2.45. The van der Waals surface area contributed by atoms with Crippen LogP contribution in [-0.2, 0) is 9.53 Å². The lowest BCUT2D eigenvalue weighted by Crippen LogP contribution is -2.27. The maximum Gasteiger partial charge on any atom is 0.308 e. The zero-order valence-electron chi connectivity index (χ0n) is 15.6. The number of nitrogens with zero attached hydrogens (tertiary/aromatic N) is 1. The first-order chi connectivity index (χ1) is 13.3. The van der Waals surface area contributed by atoms with E-state index in [2.05, 4.69) is 5.32 Å². The molecule has 0 bridgehead atoms. The predicted molar refractivity (Wildman–Crippen MR) is 101 cm³/mol. The molecule has 2 aromatic rings. The van der Waals surface area contributed by atoms with Crippen molar-refractivity contribution in [3.05, 3.63) is 74.8 Å². The Labute approximate surface area is 161 Å². The molecule has 0 spiro atoms. The van der Waals surface area contributed by atoms with E-state index in [1.807, 2.05) is 26.0 Å². The second-order valence-corrected chi connectivity index (χ2v) is 6.21. The highest BCUT2D eigenvalue weighted by Gasteiger charge is 2.13. The van der Waals surface area contributed by atoms with Gasteiger partial charge in [-0.15, -0.1) is 0 Å². The van der Waals surface area contributed by atoms with Crippen molar-refractivity contribution in [3.63, 3.8) is 0 Å². The van der Waals surface area contributed by atoms with Crippen LogP contribution in [0.3, 0.4) is 0 Å². The number of ketones is 1. The van der Waals surface area contributed by atoms with Crippen molar-refractivity contribution in [2.75, 3.05) is 13.2 Å². The molecular weight excluding hydrogens is 364 g/mol. The molecule has 0 unspecified atom stereocenters. The van der Waals surface area contributed by atoms with Crippen LogP contribution in [0.1, 0.15) is 38.3 Å². The van der Waals surface area contributed by atoms with Crippen LogP contribution in [0.15, 0.2) is 42.5 Å². The van der Waals surface area contributed by atoms with Crippen LogP contribution >= 0.6 is 0 Å². The third-order valence-corrected chi connectivity index (χ3v) is 4.01. The number of amides is 1. The number of aryl methyl sites for hydroxylation is 2. The van der Waals surface area contributed by atoms with Gasteiger partial charge in [0.1, 0.15) is 0 Å². The summed E-state index contributed by atoms with van der Waals surface area (Å²) in [6.07, 6.45) is -0.0984.